The number of hydrogen-bond donors (Lipinski definition) is 1. The quantitative estimate of drug-likeness (QED) is 0.664. The monoisotopic (exact) mass is 369 g/mol. The zero-order valence-electron chi connectivity index (χ0n) is 14.4. The summed E-state index contributed by atoms with van der Waals surface area (Å²) in [6.07, 6.45) is 5.22. The molecule has 6 nitrogen and oxygen atoms in total. The van der Waals surface area contributed by atoms with Crippen molar-refractivity contribution in [3.8, 4) is 0 Å². The number of hydrogen-bond acceptors (Lipinski definition) is 5. The third-order valence-electron chi connectivity index (χ3n) is 5.03. The first-order chi connectivity index (χ1) is 12.5. The number of amides is 3. The number of para-hydroxylation sites is 1. The maximum absolute atomic E-state index is 12.4. The fourth-order valence-electron chi connectivity index (χ4n) is 3.62. The molecule has 1 aromatic heterocycles. The zero-order chi connectivity index (χ0) is 18.3. The van der Waals surface area contributed by atoms with Gasteiger partial charge in [0.25, 0.3) is 0 Å². The third-order valence-corrected chi connectivity index (χ3v) is 5.96. The van der Waals surface area contributed by atoms with Crippen molar-refractivity contribution in [1.82, 2.24) is 9.88 Å². The molecule has 2 heterocycles. The molecule has 1 aromatic carbocycles. The van der Waals surface area contributed by atoms with E-state index in [9.17, 15) is 14.4 Å². The van der Waals surface area contributed by atoms with Crippen molar-refractivity contribution >= 4 is 44.4 Å². The van der Waals surface area contributed by atoms with Crippen LogP contribution in [0.25, 0.3) is 10.2 Å². The Bertz CT molecular complexity index is 907. The number of aryl methyl sites for hydroxylation is 1. The molecule has 1 saturated heterocycles. The molecule has 0 radical (unpaired) electrons. The summed E-state index contributed by atoms with van der Waals surface area (Å²) in [5.74, 6) is -1.03. The highest BCUT2D eigenvalue weighted by Crippen LogP contribution is 2.35. The summed E-state index contributed by atoms with van der Waals surface area (Å²) in [6.45, 7) is 2.10. The minimum atomic E-state index is -0.247. The van der Waals surface area contributed by atoms with Gasteiger partial charge in [-0.1, -0.05) is 35.6 Å². The Morgan fingerprint density at radius 1 is 1.23 bits per heavy atom. The summed E-state index contributed by atoms with van der Waals surface area (Å²) in [5.41, 5.74) is 1.94. The zero-order valence-corrected chi connectivity index (χ0v) is 15.2. The maximum Gasteiger partial charge on any atom is 0.233 e. The first kappa shape index (κ1) is 16.9. The van der Waals surface area contributed by atoms with Crippen molar-refractivity contribution < 1.29 is 14.4 Å². The molecular formula is C19H19N3O3S. The number of allylic oxidation sites excluding steroid dienone is 2. The Kier molecular flexibility index (Phi) is 4.32. The van der Waals surface area contributed by atoms with Crippen LogP contribution in [0.2, 0.25) is 0 Å². The fourth-order valence-corrected chi connectivity index (χ4v) is 4.58. The summed E-state index contributed by atoms with van der Waals surface area (Å²) in [7, 11) is 0. The lowest BCUT2D eigenvalue weighted by Gasteiger charge is -2.14. The van der Waals surface area contributed by atoms with Crippen molar-refractivity contribution in [1.29, 1.82) is 0 Å². The highest BCUT2D eigenvalue weighted by Gasteiger charge is 2.46. The molecule has 1 aliphatic carbocycles. The highest BCUT2D eigenvalue weighted by molar-refractivity contribution is 7.22. The minimum Gasteiger partial charge on any atom is -0.302 e. The number of imide groups is 1. The van der Waals surface area contributed by atoms with E-state index in [0.29, 0.717) is 18.0 Å². The van der Waals surface area contributed by atoms with Crippen molar-refractivity contribution in [2.24, 2.45) is 11.8 Å². The summed E-state index contributed by atoms with van der Waals surface area (Å²) in [5, 5.41) is 3.32. The van der Waals surface area contributed by atoms with Crippen LogP contribution in [-0.2, 0) is 14.4 Å². The van der Waals surface area contributed by atoms with E-state index < -0.39 is 0 Å². The number of carbonyl (C=O) groups excluding carboxylic acids is 3. The molecule has 2 aliphatic rings. The number of thiazole rings is 1. The lowest BCUT2D eigenvalue weighted by Crippen LogP contribution is -2.34. The summed E-state index contributed by atoms with van der Waals surface area (Å²) < 4.78 is 1.02. The molecule has 26 heavy (non-hydrogen) atoms. The van der Waals surface area contributed by atoms with Gasteiger partial charge in [-0.05, 0) is 31.4 Å². The lowest BCUT2D eigenvalue weighted by atomic mass is 9.85. The first-order valence-electron chi connectivity index (χ1n) is 8.71. The molecule has 4 rings (SSSR count). The molecule has 7 heteroatoms. The van der Waals surface area contributed by atoms with Gasteiger partial charge in [-0.2, -0.15) is 0 Å². The van der Waals surface area contributed by atoms with E-state index in [4.69, 9.17) is 0 Å². The number of nitrogens with zero attached hydrogens (tertiary/aromatic N) is 2. The topological polar surface area (TPSA) is 79.4 Å². The Morgan fingerprint density at radius 2 is 1.92 bits per heavy atom. The van der Waals surface area contributed by atoms with Crippen molar-refractivity contribution in [3.05, 3.63) is 35.9 Å². The van der Waals surface area contributed by atoms with Gasteiger partial charge in [0.1, 0.15) is 0 Å². The Balaban J connectivity index is 1.38. The molecule has 1 aliphatic heterocycles. The van der Waals surface area contributed by atoms with Crippen molar-refractivity contribution in [3.63, 3.8) is 0 Å². The molecule has 1 N–H and O–H groups in total. The molecule has 0 spiro atoms. The lowest BCUT2D eigenvalue weighted by molar-refractivity contribution is -0.140. The normalized spacial score (nSPS) is 22.1. The van der Waals surface area contributed by atoms with Crippen molar-refractivity contribution in [2.45, 2.75) is 26.2 Å². The molecule has 0 unspecified atom stereocenters. The standard InChI is InChI=1S/C19H19N3O3S/c1-11-5-4-8-14-16(11)21-19(26-14)20-15(23)9-10-22-17(24)12-6-2-3-7-13(12)18(22)25/h2-5,8,12-13H,6-7,9-10H2,1H3,(H,20,21,23)/t12-,13+. The van der Waals surface area contributed by atoms with Gasteiger partial charge in [0, 0.05) is 13.0 Å². The van der Waals surface area contributed by atoms with Gasteiger partial charge in [-0.15, -0.1) is 0 Å². The number of nitrogens with one attached hydrogen (secondary N) is 1. The van der Waals surface area contributed by atoms with Gasteiger partial charge in [-0.25, -0.2) is 4.98 Å². The average Bonchev–Trinajstić information content (AvgIpc) is 3.14. The maximum atomic E-state index is 12.4. The number of fused-ring (bicyclic) bond motifs is 2. The number of aromatic nitrogens is 1. The molecule has 2 aromatic rings. The fraction of sp³-hybridized carbons (Fsp3) is 0.368. The van der Waals surface area contributed by atoms with Crippen molar-refractivity contribution in [2.75, 3.05) is 11.9 Å². The smallest absolute Gasteiger partial charge is 0.233 e. The Morgan fingerprint density at radius 3 is 2.58 bits per heavy atom. The predicted molar refractivity (Wildman–Crippen MR) is 99.7 cm³/mol. The molecule has 134 valence electrons. The number of benzene rings is 1. The van der Waals surface area contributed by atoms with Crippen LogP contribution in [0.4, 0.5) is 5.13 Å². The third kappa shape index (κ3) is 2.92. The SMILES string of the molecule is Cc1cccc2sc(NC(=O)CCN3C(=O)[C@H]4CC=CC[C@H]4C3=O)nc12. The molecule has 2 atom stereocenters. The second kappa shape index (κ2) is 6.64. The van der Waals surface area contributed by atoms with Gasteiger partial charge in [0.2, 0.25) is 17.7 Å². The second-order valence-electron chi connectivity index (χ2n) is 6.72. The van der Waals surface area contributed by atoms with Crippen LogP contribution < -0.4 is 5.32 Å². The van der Waals surface area contributed by atoms with E-state index in [1.807, 2.05) is 37.3 Å². The molecule has 3 amide bonds. The van der Waals surface area contributed by atoms with Crippen LogP contribution in [0.1, 0.15) is 24.8 Å². The molecule has 0 saturated carbocycles. The van der Waals surface area contributed by atoms with E-state index in [1.165, 1.54) is 16.2 Å². The van der Waals surface area contributed by atoms with Crippen LogP contribution in [0.15, 0.2) is 30.4 Å². The molecular weight excluding hydrogens is 350 g/mol. The number of rotatable bonds is 4. The van der Waals surface area contributed by atoms with Gasteiger partial charge in [0.15, 0.2) is 5.13 Å². The van der Waals surface area contributed by atoms with E-state index in [-0.39, 0.29) is 42.5 Å². The van der Waals surface area contributed by atoms with Crippen LogP contribution >= 0.6 is 11.3 Å². The van der Waals surface area contributed by atoms with E-state index in [0.717, 1.165) is 15.8 Å². The van der Waals surface area contributed by atoms with Gasteiger partial charge < -0.3 is 5.32 Å². The summed E-state index contributed by atoms with van der Waals surface area (Å²) >= 11 is 1.42. The van der Waals surface area contributed by atoms with Crippen LogP contribution in [0, 0.1) is 18.8 Å². The average molecular weight is 369 g/mol. The van der Waals surface area contributed by atoms with E-state index in [2.05, 4.69) is 10.3 Å². The van der Waals surface area contributed by atoms with Gasteiger partial charge >= 0.3 is 0 Å². The number of anilines is 1. The predicted octanol–water partition coefficient (Wildman–Crippen LogP) is 2.88. The van der Waals surface area contributed by atoms with E-state index >= 15 is 0 Å². The summed E-state index contributed by atoms with van der Waals surface area (Å²) in [6, 6.07) is 5.90. The Labute approximate surface area is 154 Å². The van der Waals surface area contributed by atoms with Gasteiger partial charge in [-0.3, -0.25) is 19.3 Å². The van der Waals surface area contributed by atoms with Crippen LogP contribution in [0.3, 0.4) is 0 Å². The number of carbonyl (C=O) groups is 3. The van der Waals surface area contributed by atoms with E-state index in [1.54, 1.807) is 0 Å². The second-order valence-corrected chi connectivity index (χ2v) is 7.75. The highest BCUT2D eigenvalue weighted by atomic mass is 32.1. The van der Waals surface area contributed by atoms with Crippen LogP contribution in [-0.4, -0.2) is 34.2 Å². The minimum absolute atomic E-state index is 0.0826. The van der Waals surface area contributed by atoms with Crippen LogP contribution in [0.5, 0.6) is 0 Å². The largest absolute Gasteiger partial charge is 0.302 e. The van der Waals surface area contributed by atoms with Gasteiger partial charge in [0.05, 0.1) is 22.1 Å². The summed E-state index contributed by atoms with van der Waals surface area (Å²) in [4.78, 5) is 42.8. The molecule has 1 fully saturated rings. The molecule has 0 bridgehead atoms. The Hall–Kier alpha value is -2.54. The first-order valence-corrected chi connectivity index (χ1v) is 9.52. The number of likely N-dealkylation sites (tertiary alicyclic amines) is 1.